The summed E-state index contributed by atoms with van der Waals surface area (Å²) in [7, 11) is 0. The van der Waals surface area contributed by atoms with Crippen LogP contribution in [0.5, 0.6) is 0 Å². The van der Waals surface area contributed by atoms with Gasteiger partial charge in [0.15, 0.2) is 0 Å². The second kappa shape index (κ2) is 5.07. The van der Waals surface area contributed by atoms with Crippen LogP contribution in [-0.4, -0.2) is 28.7 Å². The quantitative estimate of drug-likeness (QED) is 0.867. The molecule has 2 rings (SSSR count). The summed E-state index contributed by atoms with van der Waals surface area (Å²) in [4.78, 5) is 8.16. The molecule has 1 aromatic heterocycles. The minimum Gasteiger partial charge on any atom is -0.376 e. The lowest BCUT2D eigenvalue weighted by Crippen LogP contribution is -2.30. The van der Waals surface area contributed by atoms with E-state index in [-0.39, 0.29) is 0 Å². The van der Waals surface area contributed by atoms with E-state index in [2.05, 4.69) is 44.8 Å². The van der Waals surface area contributed by atoms with Gasteiger partial charge in [-0.2, -0.15) is 0 Å². The highest BCUT2D eigenvalue weighted by Gasteiger charge is 2.22. The molecule has 0 aliphatic carbocycles. The second-order valence-electron chi connectivity index (χ2n) is 3.70. The van der Waals surface area contributed by atoms with Gasteiger partial charge in [-0.1, -0.05) is 0 Å². The van der Waals surface area contributed by atoms with Gasteiger partial charge in [0, 0.05) is 12.8 Å². The molecule has 1 aliphatic rings. The fourth-order valence-electron chi connectivity index (χ4n) is 1.72. The molecule has 0 spiro atoms. The molecule has 2 heterocycles. The lowest BCUT2D eigenvalue weighted by Gasteiger charge is -2.20. The molecule has 0 radical (unpaired) electrons. The van der Waals surface area contributed by atoms with Crippen molar-refractivity contribution < 1.29 is 4.74 Å². The Morgan fingerprint density at radius 2 is 2.53 bits per heavy atom. The van der Waals surface area contributed by atoms with Gasteiger partial charge in [-0.3, -0.25) is 0 Å². The van der Waals surface area contributed by atoms with E-state index in [1.807, 2.05) is 0 Å². The summed E-state index contributed by atoms with van der Waals surface area (Å²) < 4.78 is 6.66. The van der Waals surface area contributed by atoms with Crippen LogP contribution in [0.2, 0.25) is 0 Å². The largest absolute Gasteiger partial charge is 0.376 e. The Balaban J connectivity index is 1.99. The molecule has 5 heteroatoms. The van der Waals surface area contributed by atoms with Crippen LogP contribution in [0.25, 0.3) is 0 Å². The second-order valence-corrected chi connectivity index (χ2v) is 4.87. The van der Waals surface area contributed by atoms with E-state index in [1.54, 1.807) is 12.5 Å². The van der Waals surface area contributed by atoms with Gasteiger partial charge in [0.25, 0.3) is 0 Å². The standard InChI is InChI=1S/C10H14IN3O/c1-7(9-3-2-4-15-9)14-10-8(11)5-12-6-13-10/h5-7,9H,2-4H2,1H3,(H,12,13,14). The zero-order chi connectivity index (χ0) is 10.7. The number of nitrogens with one attached hydrogen (secondary N) is 1. The van der Waals surface area contributed by atoms with Crippen molar-refractivity contribution >= 4 is 28.4 Å². The third-order valence-corrected chi connectivity index (χ3v) is 3.34. The summed E-state index contributed by atoms with van der Waals surface area (Å²) in [5, 5.41) is 3.37. The number of rotatable bonds is 3. The van der Waals surface area contributed by atoms with Crippen molar-refractivity contribution in [2.45, 2.75) is 31.9 Å². The molecule has 1 aromatic rings. The van der Waals surface area contributed by atoms with Crippen molar-refractivity contribution in [3.63, 3.8) is 0 Å². The third kappa shape index (κ3) is 2.78. The van der Waals surface area contributed by atoms with E-state index in [1.165, 1.54) is 0 Å². The van der Waals surface area contributed by atoms with Crippen molar-refractivity contribution in [3.8, 4) is 0 Å². The van der Waals surface area contributed by atoms with Gasteiger partial charge in [-0.05, 0) is 42.4 Å². The van der Waals surface area contributed by atoms with Gasteiger partial charge in [-0.25, -0.2) is 9.97 Å². The molecule has 4 nitrogen and oxygen atoms in total. The molecule has 2 unspecified atom stereocenters. The molecule has 1 N–H and O–H groups in total. The minimum absolute atomic E-state index is 0.302. The Bertz CT molecular complexity index is 328. The third-order valence-electron chi connectivity index (χ3n) is 2.55. The van der Waals surface area contributed by atoms with E-state index >= 15 is 0 Å². The van der Waals surface area contributed by atoms with Gasteiger partial charge >= 0.3 is 0 Å². The minimum atomic E-state index is 0.302. The molecule has 82 valence electrons. The normalized spacial score (nSPS) is 22.7. The van der Waals surface area contributed by atoms with Crippen molar-refractivity contribution in [1.82, 2.24) is 9.97 Å². The molecular formula is C10H14IN3O. The summed E-state index contributed by atoms with van der Waals surface area (Å²) in [6.07, 6.45) is 5.98. The van der Waals surface area contributed by atoms with Crippen LogP contribution in [0.15, 0.2) is 12.5 Å². The van der Waals surface area contributed by atoms with E-state index in [0.29, 0.717) is 12.1 Å². The molecule has 1 fully saturated rings. The van der Waals surface area contributed by atoms with Crippen molar-refractivity contribution in [2.75, 3.05) is 11.9 Å². The molecule has 1 aliphatic heterocycles. The van der Waals surface area contributed by atoms with E-state index in [4.69, 9.17) is 4.74 Å². The first kappa shape index (κ1) is 11.1. The fourth-order valence-corrected chi connectivity index (χ4v) is 2.18. The van der Waals surface area contributed by atoms with Gasteiger partial charge in [0.05, 0.1) is 15.7 Å². The van der Waals surface area contributed by atoms with Crippen LogP contribution >= 0.6 is 22.6 Å². The lowest BCUT2D eigenvalue weighted by molar-refractivity contribution is 0.0995. The predicted molar refractivity (Wildman–Crippen MR) is 66.8 cm³/mol. The number of nitrogens with zero attached hydrogens (tertiary/aromatic N) is 2. The Morgan fingerprint density at radius 1 is 1.67 bits per heavy atom. The zero-order valence-electron chi connectivity index (χ0n) is 8.61. The fraction of sp³-hybridized carbons (Fsp3) is 0.600. The average molecular weight is 319 g/mol. The maximum Gasteiger partial charge on any atom is 0.143 e. The van der Waals surface area contributed by atoms with Crippen LogP contribution in [-0.2, 0) is 4.74 Å². The summed E-state index contributed by atoms with van der Waals surface area (Å²) in [5.41, 5.74) is 0. The van der Waals surface area contributed by atoms with Gasteiger partial charge in [0.1, 0.15) is 12.1 Å². The van der Waals surface area contributed by atoms with Crippen LogP contribution in [0.3, 0.4) is 0 Å². The molecule has 0 aromatic carbocycles. The maximum atomic E-state index is 5.62. The Kier molecular flexibility index (Phi) is 3.74. The number of aromatic nitrogens is 2. The smallest absolute Gasteiger partial charge is 0.143 e. The Hall–Kier alpha value is -0.430. The highest BCUT2D eigenvalue weighted by Crippen LogP contribution is 2.20. The van der Waals surface area contributed by atoms with E-state index < -0.39 is 0 Å². The zero-order valence-corrected chi connectivity index (χ0v) is 10.8. The average Bonchev–Trinajstić information content (AvgIpc) is 2.74. The molecule has 2 atom stereocenters. The monoisotopic (exact) mass is 319 g/mol. The van der Waals surface area contributed by atoms with Crippen LogP contribution in [0.4, 0.5) is 5.82 Å². The van der Waals surface area contributed by atoms with Crippen molar-refractivity contribution in [1.29, 1.82) is 0 Å². The van der Waals surface area contributed by atoms with Gasteiger partial charge in [0.2, 0.25) is 0 Å². The summed E-state index contributed by atoms with van der Waals surface area (Å²) in [6.45, 7) is 3.02. The van der Waals surface area contributed by atoms with Crippen LogP contribution < -0.4 is 5.32 Å². The predicted octanol–water partition coefficient (Wildman–Crippen LogP) is 2.06. The topological polar surface area (TPSA) is 47.0 Å². The molecule has 0 bridgehead atoms. The Labute approximate surface area is 103 Å². The van der Waals surface area contributed by atoms with E-state index in [9.17, 15) is 0 Å². The summed E-state index contributed by atoms with van der Waals surface area (Å²) in [5.74, 6) is 0.897. The summed E-state index contributed by atoms with van der Waals surface area (Å²) in [6, 6.07) is 0.302. The van der Waals surface area contributed by atoms with Gasteiger partial charge < -0.3 is 10.1 Å². The van der Waals surface area contributed by atoms with Crippen LogP contribution in [0, 0.1) is 3.57 Å². The first-order valence-corrected chi connectivity index (χ1v) is 6.19. The number of halogens is 1. The van der Waals surface area contributed by atoms with Crippen molar-refractivity contribution in [3.05, 3.63) is 16.1 Å². The highest BCUT2D eigenvalue weighted by atomic mass is 127. The number of hydrogen-bond donors (Lipinski definition) is 1. The van der Waals surface area contributed by atoms with Gasteiger partial charge in [-0.15, -0.1) is 0 Å². The lowest BCUT2D eigenvalue weighted by atomic mass is 10.1. The molecule has 1 saturated heterocycles. The number of ether oxygens (including phenoxy) is 1. The Morgan fingerprint density at radius 3 is 3.20 bits per heavy atom. The first-order chi connectivity index (χ1) is 7.27. The molecule has 0 amide bonds. The summed E-state index contributed by atoms with van der Waals surface area (Å²) >= 11 is 2.23. The van der Waals surface area contributed by atoms with E-state index in [0.717, 1.165) is 28.8 Å². The first-order valence-electron chi connectivity index (χ1n) is 5.11. The molecule has 0 saturated carbocycles. The highest BCUT2D eigenvalue weighted by molar-refractivity contribution is 14.1. The maximum absolute atomic E-state index is 5.62. The SMILES string of the molecule is CC(Nc1ncncc1I)C1CCCO1. The number of anilines is 1. The molecule has 15 heavy (non-hydrogen) atoms. The van der Waals surface area contributed by atoms with Crippen molar-refractivity contribution in [2.24, 2.45) is 0 Å². The molecular weight excluding hydrogens is 305 g/mol. The number of hydrogen-bond acceptors (Lipinski definition) is 4. The van der Waals surface area contributed by atoms with Crippen LogP contribution in [0.1, 0.15) is 19.8 Å².